The summed E-state index contributed by atoms with van der Waals surface area (Å²) in [4.78, 5) is 0. The molecule has 1 atom stereocenters. The van der Waals surface area contributed by atoms with Gasteiger partial charge in [-0.05, 0) is 42.9 Å². The maximum Gasteiger partial charge on any atom is -0.0118 e. The third-order valence-corrected chi connectivity index (χ3v) is 2.57. The van der Waals surface area contributed by atoms with Gasteiger partial charge in [0.15, 0.2) is 0 Å². The Morgan fingerprint density at radius 3 is 2.77 bits per heavy atom. The Labute approximate surface area is 79.6 Å². The molecule has 0 amide bonds. The van der Waals surface area contributed by atoms with E-state index in [2.05, 4.69) is 48.2 Å². The van der Waals surface area contributed by atoms with Crippen LogP contribution in [0.15, 0.2) is 48.2 Å². The molecule has 1 unspecified atom stereocenters. The van der Waals surface area contributed by atoms with E-state index in [0.29, 0.717) is 5.92 Å². The van der Waals surface area contributed by atoms with Gasteiger partial charge in [-0.2, -0.15) is 0 Å². The predicted octanol–water partition coefficient (Wildman–Crippen LogP) is 3.67. The fourth-order valence-corrected chi connectivity index (χ4v) is 1.81. The normalized spacial score (nSPS) is 21.4. The van der Waals surface area contributed by atoms with Crippen LogP contribution in [0.25, 0.3) is 0 Å². The van der Waals surface area contributed by atoms with E-state index >= 15 is 0 Å². The van der Waals surface area contributed by atoms with Crippen molar-refractivity contribution in [2.75, 3.05) is 0 Å². The van der Waals surface area contributed by atoms with E-state index in [9.17, 15) is 0 Å². The molecule has 0 heterocycles. The van der Waals surface area contributed by atoms with Crippen molar-refractivity contribution in [1.82, 2.24) is 0 Å². The molecule has 0 saturated heterocycles. The van der Waals surface area contributed by atoms with E-state index in [0.717, 1.165) is 12.8 Å². The Morgan fingerprint density at radius 1 is 1.08 bits per heavy atom. The summed E-state index contributed by atoms with van der Waals surface area (Å²) in [5.74, 6) is 0.701. The molecular formula is C13H14. The first-order chi connectivity index (χ1) is 6.47. The summed E-state index contributed by atoms with van der Waals surface area (Å²) >= 11 is 0. The van der Waals surface area contributed by atoms with Gasteiger partial charge in [0.05, 0.1) is 0 Å². The van der Waals surface area contributed by atoms with Crippen molar-refractivity contribution in [3.05, 3.63) is 53.8 Å². The Bertz CT molecular complexity index is 315. The summed E-state index contributed by atoms with van der Waals surface area (Å²) in [6.07, 6.45) is 7.86. The van der Waals surface area contributed by atoms with Gasteiger partial charge in [0.2, 0.25) is 0 Å². The van der Waals surface area contributed by atoms with Gasteiger partial charge in [0.1, 0.15) is 0 Å². The van der Waals surface area contributed by atoms with Crippen LogP contribution in [0.3, 0.4) is 0 Å². The lowest BCUT2D eigenvalue weighted by Gasteiger charge is -2.12. The highest BCUT2D eigenvalue weighted by Gasteiger charge is 2.09. The van der Waals surface area contributed by atoms with Gasteiger partial charge in [0.25, 0.3) is 0 Å². The van der Waals surface area contributed by atoms with Crippen molar-refractivity contribution >= 4 is 0 Å². The van der Waals surface area contributed by atoms with Crippen LogP contribution in [0.5, 0.6) is 0 Å². The van der Waals surface area contributed by atoms with E-state index in [1.165, 1.54) is 12.0 Å². The second-order valence-corrected chi connectivity index (χ2v) is 3.50. The molecule has 66 valence electrons. The van der Waals surface area contributed by atoms with Crippen molar-refractivity contribution in [1.29, 1.82) is 0 Å². The molecule has 1 aromatic rings. The second-order valence-electron chi connectivity index (χ2n) is 3.50. The molecule has 0 fully saturated rings. The molecule has 0 N–H and O–H groups in total. The first-order valence-corrected chi connectivity index (χ1v) is 4.91. The highest BCUT2D eigenvalue weighted by molar-refractivity contribution is 5.20. The number of allylic oxidation sites excluding steroid dienone is 1. The predicted molar refractivity (Wildman–Crippen MR) is 55.7 cm³/mol. The van der Waals surface area contributed by atoms with E-state index in [-0.39, 0.29) is 0 Å². The van der Waals surface area contributed by atoms with E-state index in [1.807, 2.05) is 0 Å². The molecule has 0 nitrogen and oxygen atoms in total. The van der Waals surface area contributed by atoms with Gasteiger partial charge in [-0.3, -0.25) is 0 Å². The summed E-state index contributed by atoms with van der Waals surface area (Å²) in [6.45, 7) is 0. The molecule has 13 heavy (non-hydrogen) atoms. The van der Waals surface area contributed by atoms with Crippen LogP contribution in [0.2, 0.25) is 0 Å². The molecule has 0 heteroatoms. The third kappa shape index (κ3) is 2.11. The molecule has 0 bridgehead atoms. The first kappa shape index (κ1) is 8.34. The maximum absolute atomic E-state index is 3.20. The SMILES string of the molecule is C1=CCCC(c2ccccc2)CC=1. The highest BCUT2D eigenvalue weighted by Crippen LogP contribution is 2.26. The summed E-state index contributed by atoms with van der Waals surface area (Å²) in [6, 6.07) is 10.8. The number of rotatable bonds is 1. The van der Waals surface area contributed by atoms with Crippen molar-refractivity contribution in [2.45, 2.75) is 25.2 Å². The highest BCUT2D eigenvalue weighted by atomic mass is 14.1. The van der Waals surface area contributed by atoms with Crippen LogP contribution in [0.4, 0.5) is 0 Å². The van der Waals surface area contributed by atoms with Crippen LogP contribution in [0, 0.1) is 0 Å². The quantitative estimate of drug-likeness (QED) is 0.564. The smallest absolute Gasteiger partial charge is 0.0118 e. The van der Waals surface area contributed by atoms with Crippen molar-refractivity contribution < 1.29 is 0 Å². The zero-order valence-electron chi connectivity index (χ0n) is 7.74. The summed E-state index contributed by atoms with van der Waals surface area (Å²) in [5, 5.41) is 0. The van der Waals surface area contributed by atoms with Gasteiger partial charge < -0.3 is 0 Å². The fraction of sp³-hybridized carbons (Fsp3) is 0.308. The monoisotopic (exact) mass is 170 g/mol. The standard InChI is InChI=1S/C13H14/c1-2-5-9-12(8-4-1)13-10-6-3-7-11-13/h1,3,5-7,10-12H,4,8-9H2. The minimum absolute atomic E-state index is 0.701. The van der Waals surface area contributed by atoms with E-state index < -0.39 is 0 Å². The Morgan fingerprint density at radius 2 is 1.92 bits per heavy atom. The third-order valence-electron chi connectivity index (χ3n) is 2.57. The molecule has 1 aromatic carbocycles. The van der Waals surface area contributed by atoms with Gasteiger partial charge in [-0.15, -0.1) is 5.73 Å². The Balaban J connectivity index is 2.14. The zero-order valence-corrected chi connectivity index (χ0v) is 7.74. The second kappa shape index (κ2) is 4.11. The molecule has 0 spiro atoms. The fourth-order valence-electron chi connectivity index (χ4n) is 1.81. The van der Waals surface area contributed by atoms with Gasteiger partial charge >= 0.3 is 0 Å². The number of hydrogen-bond acceptors (Lipinski definition) is 0. The van der Waals surface area contributed by atoms with Gasteiger partial charge in [0, 0.05) is 0 Å². The van der Waals surface area contributed by atoms with E-state index in [1.54, 1.807) is 0 Å². The molecule has 0 saturated carbocycles. The van der Waals surface area contributed by atoms with Gasteiger partial charge in [-0.25, -0.2) is 0 Å². The Kier molecular flexibility index (Phi) is 2.64. The van der Waals surface area contributed by atoms with Crippen molar-refractivity contribution in [3.8, 4) is 0 Å². The van der Waals surface area contributed by atoms with Gasteiger partial charge in [-0.1, -0.05) is 30.3 Å². The van der Waals surface area contributed by atoms with Crippen LogP contribution >= 0.6 is 0 Å². The van der Waals surface area contributed by atoms with Crippen LogP contribution in [-0.4, -0.2) is 0 Å². The maximum atomic E-state index is 3.20. The van der Waals surface area contributed by atoms with Crippen LogP contribution < -0.4 is 0 Å². The molecule has 0 aromatic heterocycles. The minimum Gasteiger partial charge on any atom is -0.130 e. The largest absolute Gasteiger partial charge is 0.130 e. The van der Waals surface area contributed by atoms with E-state index in [4.69, 9.17) is 0 Å². The van der Waals surface area contributed by atoms with Crippen LogP contribution in [-0.2, 0) is 0 Å². The summed E-state index contributed by atoms with van der Waals surface area (Å²) in [5.41, 5.74) is 4.67. The lowest BCUT2D eigenvalue weighted by Crippen LogP contribution is -1.95. The molecule has 1 aliphatic rings. The lowest BCUT2D eigenvalue weighted by molar-refractivity contribution is 0.648. The zero-order chi connectivity index (χ0) is 8.93. The minimum atomic E-state index is 0.701. The average Bonchev–Trinajstić information content (AvgIpc) is 2.47. The molecule has 2 rings (SSSR count). The molecular weight excluding hydrogens is 156 g/mol. The number of hydrogen-bond donors (Lipinski definition) is 0. The van der Waals surface area contributed by atoms with Crippen molar-refractivity contribution in [2.24, 2.45) is 0 Å². The van der Waals surface area contributed by atoms with Crippen LogP contribution in [0.1, 0.15) is 30.7 Å². The summed E-state index contributed by atoms with van der Waals surface area (Å²) in [7, 11) is 0. The molecule has 0 aliphatic heterocycles. The lowest BCUT2D eigenvalue weighted by atomic mass is 9.92. The topological polar surface area (TPSA) is 0 Å². The average molecular weight is 170 g/mol. The molecule has 1 aliphatic carbocycles. The first-order valence-electron chi connectivity index (χ1n) is 4.91. The van der Waals surface area contributed by atoms with Crippen molar-refractivity contribution in [3.63, 3.8) is 0 Å². The number of benzene rings is 1. The summed E-state index contributed by atoms with van der Waals surface area (Å²) < 4.78 is 0. The molecule has 0 radical (unpaired) electrons. The Hall–Kier alpha value is -1.26.